The molecule has 0 aliphatic carbocycles. The SMILES string of the molecule is CCCC#Cc1cc(-c2ccnc(Nc3ccc(NC(=O)C(C)NCc4ccccc4)nc3)n2)cnc1N1CC[C@H](F)C1. The maximum atomic E-state index is 13.9. The number of carbonyl (C=O) groups excluding carboxylic acids is 1. The van der Waals surface area contributed by atoms with Gasteiger partial charge in [-0.3, -0.25) is 4.79 Å². The number of benzene rings is 1. The van der Waals surface area contributed by atoms with Crippen molar-refractivity contribution >= 4 is 29.2 Å². The Hall–Kier alpha value is -4.88. The first-order valence-electron chi connectivity index (χ1n) is 14.5. The number of halogens is 1. The Morgan fingerprint density at radius 3 is 2.72 bits per heavy atom. The van der Waals surface area contributed by atoms with Crippen molar-refractivity contribution in [2.75, 3.05) is 28.6 Å². The van der Waals surface area contributed by atoms with E-state index < -0.39 is 12.2 Å². The zero-order valence-electron chi connectivity index (χ0n) is 24.3. The molecule has 4 heterocycles. The van der Waals surface area contributed by atoms with Crippen molar-refractivity contribution in [3.05, 3.63) is 84.3 Å². The molecule has 1 amide bonds. The Morgan fingerprint density at radius 1 is 1.12 bits per heavy atom. The molecule has 2 atom stereocenters. The Kier molecular flexibility index (Phi) is 9.87. The van der Waals surface area contributed by atoms with Crippen LogP contribution in [0.15, 0.2) is 73.2 Å². The standard InChI is InChI=1S/C33H35FN8O/c1-3-4-6-11-25-18-26(20-38-31(25)42-17-15-27(34)22-42)29-14-16-35-33(40-29)39-28-12-13-30(37-21-28)41-32(43)23(2)36-19-24-9-7-5-8-10-24/h5,7-10,12-14,16,18,20-21,23,27,36H,3-4,15,17,19,22H2,1-2H3,(H,35,39,40)(H,37,41,43)/t23?,27-/m0/s1. The Morgan fingerprint density at radius 2 is 1.98 bits per heavy atom. The average molecular weight is 579 g/mol. The Labute approximate surface area is 251 Å². The van der Waals surface area contributed by atoms with Gasteiger partial charge in [0.2, 0.25) is 11.9 Å². The van der Waals surface area contributed by atoms with Crippen LogP contribution in [0.1, 0.15) is 44.2 Å². The zero-order chi connectivity index (χ0) is 30.0. The van der Waals surface area contributed by atoms with Crippen LogP contribution in [0.25, 0.3) is 11.3 Å². The number of carbonyl (C=O) groups is 1. The molecule has 220 valence electrons. The van der Waals surface area contributed by atoms with Crippen LogP contribution in [-0.4, -0.2) is 51.1 Å². The summed E-state index contributed by atoms with van der Waals surface area (Å²) in [5.41, 5.74) is 4.00. The third kappa shape index (κ3) is 8.11. The molecule has 10 heteroatoms. The second kappa shape index (κ2) is 14.3. The van der Waals surface area contributed by atoms with Crippen LogP contribution in [0.4, 0.5) is 27.7 Å². The van der Waals surface area contributed by atoms with Gasteiger partial charge in [0.15, 0.2) is 0 Å². The van der Waals surface area contributed by atoms with Gasteiger partial charge in [-0.05, 0) is 49.6 Å². The van der Waals surface area contributed by atoms with E-state index in [1.807, 2.05) is 54.3 Å². The lowest BCUT2D eigenvalue weighted by molar-refractivity contribution is -0.117. The summed E-state index contributed by atoms with van der Waals surface area (Å²) in [7, 11) is 0. The minimum atomic E-state index is -0.848. The number of alkyl halides is 1. The molecule has 1 saturated heterocycles. The molecule has 3 aromatic heterocycles. The highest BCUT2D eigenvalue weighted by atomic mass is 19.1. The number of pyridine rings is 2. The van der Waals surface area contributed by atoms with E-state index in [-0.39, 0.29) is 5.91 Å². The second-order valence-corrected chi connectivity index (χ2v) is 10.4. The van der Waals surface area contributed by atoms with E-state index in [4.69, 9.17) is 0 Å². The van der Waals surface area contributed by atoms with Crippen molar-refractivity contribution in [2.45, 2.75) is 51.9 Å². The van der Waals surface area contributed by atoms with Crippen molar-refractivity contribution in [1.82, 2.24) is 25.3 Å². The van der Waals surface area contributed by atoms with Gasteiger partial charge >= 0.3 is 0 Å². The summed E-state index contributed by atoms with van der Waals surface area (Å²) in [6, 6.07) is 16.8. The van der Waals surface area contributed by atoms with E-state index in [1.54, 1.807) is 30.7 Å². The van der Waals surface area contributed by atoms with Crippen LogP contribution >= 0.6 is 0 Å². The summed E-state index contributed by atoms with van der Waals surface area (Å²) in [6.45, 7) is 5.44. The van der Waals surface area contributed by atoms with Crippen LogP contribution in [-0.2, 0) is 11.3 Å². The molecule has 0 saturated carbocycles. The summed E-state index contributed by atoms with van der Waals surface area (Å²) in [6.07, 6.45) is 6.41. The van der Waals surface area contributed by atoms with Gasteiger partial charge in [0, 0.05) is 37.5 Å². The van der Waals surface area contributed by atoms with Crippen molar-refractivity contribution in [3.63, 3.8) is 0 Å². The van der Waals surface area contributed by atoms with Gasteiger partial charge in [0.1, 0.15) is 17.8 Å². The molecule has 1 unspecified atom stereocenters. The van der Waals surface area contributed by atoms with Gasteiger partial charge in [-0.15, -0.1) is 0 Å². The van der Waals surface area contributed by atoms with Gasteiger partial charge in [-0.1, -0.05) is 49.1 Å². The average Bonchev–Trinajstić information content (AvgIpc) is 3.47. The van der Waals surface area contributed by atoms with E-state index in [2.05, 4.69) is 54.7 Å². The summed E-state index contributed by atoms with van der Waals surface area (Å²) >= 11 is 0. The summed E-state index contributed by atoms with van der Waals surface area (Å²) in [4.78, 5) is 32.6. The molecule has 1 aromatic carbocycles. The van der Waals surface area contributed by atoms with Gasteiger partial charge in [-0.2, -0.15) is 0 Å². The van der Waals surface area contributed by atoms with Crippen molar-refractivity contribution in [3.8, 4) is 23.1 Å². The number of unbranched alkanes of at least 4 members (excludes halogenated alkanes) is 1. The molecule has 5 rings (SSSR count). The quantitative estimate of drug-likeness (QED) is 0.212. The van der Waals surface area contributed by atoms with E-state index in [9.17, 15) is 9.18 Å². The molecule has 1 aliphatic heterocycles. The fourth-order valence-corrected chi connectivity index (χ4v) is 4.58. The van der Waals surface area contributed by atoms with Crippen LogP contribution in [0.2, 0.25) is 0 Å². The highest BCUT2D eigenvalue weighted by molar-refractivity contribution is 5.93. The van der Waals surface area contributed by atoms with Crippen molar-refractivity contribution in [1.29, 1.82) is 0 Å². The van der Waals surface area contributed by atoms with E-state index in [0.717, 1.165) is 29.5 Å². The topological polar surface area (TPSA) is 108 Å². The molecule has 9 nitrogen and oxygen atoms in total. The lowest BCUT2D eigenvalue weighted by Crippen LogP contribution is -2.37. The lowest BCUT2D eigenvalue weighted by atomic mass is 10.1. The van der Waals surface area contributed by atoms with Crippen LogP contribution < -0.4 is 20.9 Å². The number of hydrogen-bond acceptors (Lipinski definition) is 8. The number of amides is 1. The third-order valence-corrected chi connectivity index (χ3v) is 6.97. The van der Waals surface area contributed by atoms with Gasteiger partial charge < -0.3 is 20.9 Å². The predicted molar refractivity (Wildman–Crippen MR) is 168 cm³/mol. The highest BCUT2D eigenvalue weighted by Gasteiger charge is 2.25. The third-order valence-electron chi connectivity index (χ3n) is 6.97. The monoisotopic (exact) mass is 578 g/mol. The van der Waals surface area contributed by atoms with Crippen molar-refractivity contribution < 1.29 is 9.18 Å². The van der Waals surface area contributed by atoms with Gasteiger partial charge in [0.25, 0.3) is 0 Å². The fourth-order valence-electron chi connectivity index (χ4n) is 4.58. The van der Waals surface area contributed by atoms with E-state index in [0.29, 0.717) is 55.0 Å². The summed E-state index contributed by atoms with van der Waals surface area (Å²) in [5, 5.41) is 9.22. The summed E-state index contributed by atoms with van der Waals surface area (Å²) < 4.78 is 13.9. The highest BCUT2D eigenvalue weighted by Crippen LogP contribution is 2.27. The number of anilines is 4. The Bertz CT molecular complexity index is 1590. The maximum Gasteiger partial charge on any atom is 0.242 e. The maximum absolute atomic E-state index is 13.9. The normalized spacial score (nSPS) is 15.0. The van der Waals surface area contributed by atoms with Gasteiger partial charge in [-0.25, -0.2) is 24.3 Å². The molecule has 0 radical (unpaired) electrons. The van der Waals surface area contributed by atoms with Crippen LogP contribution in [0.3, 0.4) is 0 Å². The van der Waals surface area contributed by atoms with E-state index in [1.165, 1.54) is 0 Å². The molecule has 1 aliphatic rings. The first-order chi connectivity index (χ1) is 21.0. The number of nitrogens with one attached hydrogen (secondary N) is 3. The molecule has 4 aromatic rings. The minimum absolute atomic E-state index is 0.173. The number of rotatable bonds is 10. The molecule has 0 spiro atoms. The van der Waals surface area contributed by atoms with Crippen LogP contribution in [0, 0.1) is 11.8 Å². The molecule has 3 N–H and O–H groups in total. The zero-order valence-corrected chi connectivity index (χ0v) is 24.3. The smallest absolute Gasteiger partial charge is 0.242 e. The second-order valence-electron chi connectivity index (χ2n) is 10.4. The molecular weight excluding hydrogens is 543 g/mol. The summed E-state index contributed by atoms with van der Waals surface area (Å²) in [5.74, 6) is 7.79. The number of hydrogen-bond donors (Lipinski definition) is 3. The largest absolute Gasteiger partial charge is 0.353 e. The molecule has 0 bridgehead atoms. The fraction of sp³-hybridized carbons (Fsp3) is 0.303. The number of aromatic nitrogens is 4. The Balaban J connectivity index is 1.23. The first-order valence-corrected chi connectivity index (χ1v) is 14.5. The van der Waals surface area contributed by atoms with Crippen LogP contribution in [0.5, 0.6) is 0 Å². The molecule has 43 heavy (non-hydrogen) atoms. The first kappa shape index (κ1) is 29.6. The van der Waals surface area contributed by atoms with Crippen molar-refractivity contribution in [2.24, 2.45) is 0 Å². The molecule has 1 fully saturated rings. The lowest BCUT2D eigenvalue weighted by Gasteiger charge is -2.18. The predicted octanol–water partition coefficient (Wildman–Crippen LogP) is 5.49. The minimum Gasteiger partial charge on any atom is -0.353 e. The van der Waals surface area contributed by atoms with Gasteiger partial charge in [0.05, 0.1) is 35.7 Å². The molecular formula is C33H35FN8O. The van der Waals surface area contributed by atoms with E-state index >= 15 is 0 Å². The number of nitrogens with zero attached hydrogens (tertiary/aromatic N) is 5.